The zero-order valence-corrected chi connectivity index (χ0v) is 10.6. The summed E-state index contributed by atoms with van der Waals surface area (Å²) in [7, 11) is 3.36. The molecule has 0 aromatic rings. The Morgan fingerprint density at radius 2 is 2.19 bits per heavy atom. The van der Waals surface area contributed by atoms with E-state index in [1.807, 2.05) is 0 Å². The highest BCUT2D eigenvalue weighted by molar-refractivity contribution is 5.85. The fourth-order valence-electron chi connectivity index (χ4n) is 1.68. The van der Waals surface area contributed by atoms with E-state index >= 15 is 0 Å². The lowest BCUT2D eigenvalue weighted by molar-refractivity contribution is -0.134. The van der Waals surface area contributed by atoms with E-state index in [0.717, 1.165) is 19.5 Å². The van der Waals surface area contributed by atoms with Crippen molar-refractivity contribution >= 4 is 24.2 Å². The molecule has 0 aliphatic carbocycles. The Kier molecular flexibility index (Phi) is 7.08. The Balaban J connectivity index is 0.00000225. The number of hydrogen-bond acceptors (Lipinski definition) is 3. The largest absolute Gasteiger partial charge is 0.359 e. The van der Waals surface area contributed by atoms with Crippen molar-refractivity contribution in [2.24, 2.45) is 5.92 Å². The summed E-state index contributed by atoms with van der Waals surface area (Å²) < 4.78 is 0. The summed E-state index contributed by atoms with van der Waals surface area (Å²) in [5, 5.41) is 5.70. The first-order chi connectivity index (χ1) is 7.15. The van der Waals surface area contributed by atoms with Gasteiger partial charge in [0.15, 0.2) is 0 Å². The average Bonchev–Trinajstić information content (AvgIpc) is 2.77. The van der Waals surface area contributed by atoms with Crippen LogP contribution < -0.4 is 10.6 Å². The summed E-state index contributed by atoms with van der Waals surface area (Å²) in [6.07, 6.45) is 1.28. The SMILES string of the molecule is CNC(=O)CCN(C)C(=O)C1CCNC1.Cl. The molecule has 1 unspecified atom stereocenters. The molecule has 1 aliphatic rings. The van der Waals surface area contributed by atoms with Crippen LogP contribution in [0.1, 0.15) is 12.8 Å². The fraction of sp³-hybridized carbons (Fsp3) is 0.800. The van der Waals surface area contributed by atoms with Gasteiger partial charge in [-0.1, -0.05) is 0 Å². The first-order valence-corrected chi connectivity index (χ1v) is 5.31. The van der Waals surface area contributed by atoms with Gasteiger partial charge in [0, 0.05) is 33.6 Å². The second-order valence-electron chi connectivity index (χ2n) is 3.87. The van der Waals surface area contributed by atoms with Crippen molar-refractivity contribution in [2.45, 2.75) is 12.8 Å². The van der Waals surface area contributed by atoms with E-state index in [2.05, 4.69) is 10.6 Å². The smallest absolute Gasteiger partial charge is 0.226 e. The lowest BCUT2D eigenvalue weighted by Crippen LogP contribution is -2.36. The Labute approximate surface area is 102 Å². The molecule has 0 aromatic carbocycles. The third kappa shape index (κ3) is 4.37. The molecule has 0 saturated carbocycles. The minimum Gasteiger partial charge on any atom is -0.359 e. The first-order valence-electron chi connectivity index (χ1n) is 5.31. The normalized spacial score (nSPS) is 18.8. The van der Waals surface area contributed by atoms with Crippen LogP contribution in [0.5, 0.6) is 0 Å². The maximum Gasteiger partial charge on any atom is 0.226 e. The van der Waals surface area contributed by atoms with E-state index < -0.39 is 0 Å². The number of amides is 2. The third-order valence-electron chi connectivity index (χ3n) is 2.74. The lowest BCUT2D eigenvalue weighted by atomic mass is 10.1. The zero-order valence-electron chi connectivity index (χ0n) is 9.78. The third-order valence-corrected chi connectivity index (χ3v) is 2.74. The van der Waals surface area contributed by atoms with Gasteiger partial charge in [-0.05, 0) is 13.0 Å². The number of rotatable bonds is 4. The first kappa shape index (κ1) is 15.2. The van der Waals surface area contributed by atoms with E-state index in [1.165, 1.54) is 0 Å². The van der Waals surface area contributed by atoms with Crippen molar-refractivity contribution in [3.05, 3.63) is 0 Å². The molecular weight excluding hydrogens is 230 g/mol. The van der Waals surface area contributed by atoms with Crippen molar-refractivity contribution in [2.75, 3.05) is 33.7 Å². The molecule has 94 valence electrons. The molecule has 0 bridgehead atoms. The van der Waals surface area contributed by atoms with Crippen molar-refractivity contribution in [3.8, 4) is 0 Å². The molecule has 16 heavy (non-hydrogen) atoms. The van der Waals surface area contributed by atoms with E-state index in [-0.39, 0.29) is 30.1 Å². The molecule has 1 rings (SSSR count). The number of hydrogen-bond donors (Lipinski definition) is 2. The zero-order chi connectivity index (χ0) is 11.3. The van der Waals surface area contributed by atoms with Gasteiger partial charge in [0.2, 0.25) is 11.8 Å². The van der Waals surface area contributed by atoms with Gasteiger partial charge in [-0.2, -0.15) is 0 Å². The number of nitrogens with one attached hydrogen (secondary N) is 2. The average molecular weight is 250 g/mol. The van der Waals surface area contributed by atoms with Gasteiger partial charge < -0.3 is 15.5 Å². The maximum atomic E-state index is 11.8. The summed E-state index contributed by atoms with van der Waals surface area (Å²) in [5.74, 6) is 0.211. The standard InChI is InChI=1S/C10H19N3O2.ClH/c1-11-9(14)4-6-13(2)10(15)8-3-5-12-7-8;/h8,12H,3-7H2,1-2H3,(H,11,14);1H. The second-order valence-corrected chi connectivity index (χ2v) is 3.87. The molecule has 6 heteroatoms. The topological polar surface area (TPSA) is 61.4 Å². The summed E-state index contributed by atoms with van der Waals surface area (Å²) >= 11 is 0. The van der Waals surface area contributed by atoms with Gasteiger partial charge in [-0.3, -0.25) is 9.59 Å². The van der Waals surface area contributed by atoms with Gasteiger partial charge >= 0.3 is 0 Å². The van der Waals surface area contributed by atoms with E-state index in [0.29, 0.717) is 13.0 Å². The number of nitrogens with zero attached hydrogens (tertiary/aromatic N) is 1. The highest BCUT2D eigenvalue weighted by Gasteiger charge is 2.25. The summed E-state index contributed by atoms with van der Waals surface area (Å²) in [4.78, 5) is 24.4. The van der Waals surface area contributed by atoms with E-state index in [1.54, 1.807) is 19.0 Å². The van der Waals surface area contributed by atoms with E-state index in [4.69, 9.17) is 0 Å². The Morgan fingerprint density at radius 1 is 1.50 bits per heavy atom. The molecule has 1 heterocycles. The van der Waals surface area contributed by atoms with Crippen LogP contribution in [0.25, 0.3) is 0 Å². The Morgan fingerprint density at radius 3 is 2.69 bits per heavy atom. The summed E-state index contributed by atoms with van der Waals surface area (Å²) in [5.41, 5.74) is 0. The Bertz CT molecular complexity index is 242. The summed E-state index contributed by atoms with van der Waals surface area (Å²) in [6.45, 7) is 2.18. The van der Waals surface area contributed by atoms with Crippen LogP contribution >= 0.6 is 12.4 Å². The molecule has 2 amide bonds. The molecule has 1 saturated heterocycles. The van der Waals surface area contributed by atoms with Crippen LogP contribution in [-0.2, 0) is 9.59 Å². The van der Waals surface area contributed by atoms with E-state index in [9.17, 15) is 9.59 Å². The van der Waals surface area contributed by atoms with Crippen LogP contribution in [0.15, 0.2) is 0 Å². The molecule has 2 N–H and O–H groups in total. The lowest BCUT2D eigenvalue weighted by Gasteiger charge is -2.20. The van der Waals surface area contributed by atoms with Crippen molar-refractivity contribution in [1.29, 1.82) is 0 Å². The molecule has 0 aromatic heterocycles. The molecule has 0 radical (unpaired) electrons. The molecular formula is C10H20ClN3O2. The van der Waals surface area contributed by atoms with Gasteiger partial charge in [0.25, 0.3) is 0 Å². The van der Waals surface area contributed by atoms with Crippen LogP contribution in [-0.4, -0.2) is 50.4 Å². The van der Waals surface area contributed by atoms with Crippen molar-refractivity contribution in [1.82, 2.24) is 15.5 Å². The second kappa shape index (κ2) is 7.46. The minimum absolute atomic E-state index is 0. The fourth-order valence-corrected chi connectivity index (χ4v) is 1.68. The molecule has 1 atom stereocenters. The monoisotopic (exact) mass is 249 g/mol. The van der Waals surface area contributed by atoms with Crippen LogP contribution in [0.2, 0.25) is 0 Å². The van der Waals surface area contributed by atoms with Crippen LogP contribution in [0, 0.1) is 5.92 Å². The Hall–Kier alpha value is -0.810. The molecule has 5 nitrogen and oxygen atoms in total. The van der Waals surface area contributed by atoms with Gasteiger partial charge in [-0.15, -0.1) is 12.4 Å². The number of carbonyl (C=O) groups excluding carboxylic acids is 2. The predicted molar refractivity (Wildman–Crippen MR) is 64.5 cm³/mol. The van der Waals surface area contributed by atoms with Crippen LogP contribution in [0.4, 0.5) is 0 Å². The number of halogens is 1. The van der Waals surface area contributed by atoms with Gasteiger partial charge in [-0.25, -0.2) is 0 Å². The maximum absolute atomic E-state index is 11.8. The number of carbonyl (C=O) groups is 2. The quantitative estimate of drug-likeness (QED) is 0.714. The van der Waals surface area contributed by atoms with Gasteiger partial charge in [0.1, 0.15) is 0 Å². The van der Waals surface area contributed by atoms with Crippen molar-refractivity contribution in [3.63, 3.8) is 0 Å². The minimum atomic E-state index is -0.0285. The highest BCUT2D eigenvalue weighted by Crippen LogP contribution is 2.10. The molecule has 0 spiro atoms. The molecule has 1 aliphatic heterocycles. The van der Waals surface area contributed by atoms with Crippen molar-refractivity contribution < 1.29 is 9.59 Å². The predicted octanol–water partition coefficient (Wildman–Crippen LogP) is -0.388. The van der Waals surface area contributed by atoms with Crippen LogP contribution in [0.3, 0.4) is 0 Å². The summed E-state index contributed by atoms with van der Waals surface area (Å²) in [6, 6.07) is 0. The molecule has 1 fully saturated rings. The van der Waals surface area contributed by atoms with Gasteiger partial charge in [0.05, 0.1) is 5.92 Å². The highest BCUT2D eigenvalue weighted by atomic mass is 35.5.